The van der Waals surface area contributed by atoms with E-state index in [4.69, 9.17) is 0 Å². The molecule has 6 heteroatoms. The van der Waals surface area contributed by atoms with Gasteiger partial charge in [-0.3, -0.25) is 9.59 Å². The van der Waals surface area contributed by atoms with Crippen molar-refractivity contribution in [1.82, 2.24) is 9.80 Å². The minimum atomic E-state index is -0.0649. The van der Waals surface area contributed by atoms with E-state index in [1.165, 1.54) is 9.80 Å². The van der Waals surface area contributed by atoms with Crippen LogP contribution < -0.4 is 0 Å². The van der Waals surface area contributed by atoms with Crippen molar-refractivity contribution in [2.24, 2.45) is 0 Å². The maximum Gasteiger partial charge on any atom is 0.285 e. The first-order valence-corrected chi connectivity index (χ1v) is 6.68. The molecule has 2 amide bonds. The summed E-state index contributed by atoms with van der Waals surface area (Å²) < 4.78 is 0. The lowest BCUT2D eigenvalue weighted by molar-refractivity contribution is 0.240. The molecule has 0 aromatic rings. The van der Waals surface area contributed by atoms with Crippen LogP contribution in [0, 0.1) is 0 Å². The quantitative estimate of drug-likeness (QED) is 0.741. The fraction of sp³-hybridized carbons (Fsp3) is 0.455. The number of carbonyl (C=O) groups excluding carboxylic acids is 2. The minimum absolute atomic E-state index is 0.0627. The number of amides is 2. The molecular weight excluding hydrogens is 256 g/mol. The number of nitrogens with zero attached hydrogens (tertiary/aromatic N) is 2. The van der Waals surface area contributed by atoms with Crippen LogP contribution in [-0.2, 0) is 0 Å². The predicted octanol–water partition coefficient (Wildman–Crippen LogP) is 3.23. The van der Waals surface area contributed by atoms with Gasteiger partial charge in [-0.1, -0.05) is 12.2 Å². The first-order valence-electron chi connectivity index (χ1n) is 4.98. The van der Waals surface area contributed by atoms with E-state index in [9.17, 15) is 9.59 Å². The summed E-state index contributed by atoms with van der Waals surface area (Å²) in [5.74, 6) is 0. The molecule has 0 aromatic heterocycles. The molecule has 0 N–H and O–H groups in total. The van der Waals surface area contributed by atoms with Crippen LogP contribution in [0.1, 0.15) is 6.92 Å². The second kappa shape index (κ2) is 8.25. The highest BCUT2D eigenvalue weighted by atomic mass is 32.2. The Kier molecular flexibility index (Phi) is 7.82. The summed E-state index contributed by atoms with van der Waals surface area (Å²) in [7, 11) is 6.77. The highest BCUT2D eigenvalue weighted by Gasteiger charge is 2.08. The molecule has 0 spiro atoms. The summed E-state index contributed by atoms with van der Waals surface area (Å²) in [6, 6.07) is 0. The number of allylic oxidation sites excluding steroid dienone is 2. The highest BCUT2D eigenvalue weighted by Crippen LogP contribution is 2.24. The molecule has 0 heterocycles. The van der Waals surface area contributed by atoms with Gasteiger partial charge in [0.1, 0.15) is 0 Å². The van der Waals surface area contributed by atoms with Crippen molar-refractivity contribution in [3.8, 4) is 0 Å². The van der Waals surface area contributed by atoms with E-state index < -0.39 is 0 Å². The average molecular weight is 274 g/mol. The van der Waals surface area contributed by atoms with Crippen molar-refractivity contribution in [3.63, 3.8) is 0 Å². The van der Waals surface area contributed by atoms with Gasteiger partial charge in [-0.2, -0.15) is 0 Å². The monoisotopic (exact) mass is 274 g/mol. The molecule has 0 unspecified atom stereocenters. The van der Waals surface area contributed by atoms with Crippen LogP contribution in [0.2, 0.25) is 0 Å². The van der Waals surface area contributed by atoms with Gasteiger partial charge in [0.05, 0.1) is 0 Å². The van der Waals surface area contributed by atoms with Crippen LogP contribution in [0.25, 0.3) is 0 Å². The third-order valence-electron chi connectivity index (χ3n) is 1.54. The van der Waals surface area contributed by atoms with Crippen LogP contribution >= 0.6 is 23.5 Å². The minimum Gasteiger partial charge on any atom is -0.339 e. The predicted molar refractivity (Wildman–Crippen MR) is 76.2 cm³/mol. The van der Waals surface area contributed by atoms with Crippen LogP contribution in [0.4, 0.5) is 9.59 Å². The van der Waals surface area contributed by atoms with Crippen molar-refractivity contribution in [1.29, 1.82) is 0 Å². The molecule has 0 aliphatic carbocycles. The first kappa shape index (κ1) is 16.1. The van der Waals surface area contributed by atoms with Gasteiger partial charge < -0.3 is 9.80 Å². The van der Waals surface area contributed by atoms with Gasteiger partial charge in [0, 0.05) is 33.1 Å². The summed E-state index contributed by atoms with van der Waals surface area (Å²) >= 11 is 2.17. The van der Waals surface area contributed by atoms with Crippen molar-refractivity contribution in [2.75, 3.05) is 28.2 Å². The molecule has 0 aliphatic heterocycles. The van der Waals surface area contributed by atoms with Crippen molar-refractivity contribution < 1.29 is 9.59 Å². The molecule has 0 bridgehead atoms. The Morgan fingerprint density at radius 2 is 1.53 bits per heavy atom. The Morgan fingerprint density at radius 3 is 1.94 bits per heavy atom. The lowest BCUT2D eigenvalue weighted by Crippen LogP contribution is -2.16. The van der Waals surface area contributed by atoms with Crippen LogP contribution in [0.3, 0.4) is 0 Å². The summed E-state index contributed by atoms with van der Waals surface area (Å²) in [4.78, 5) is 26.7. The molecule has 4 nitrogen and oxygen atoms in total. The maximum absolute atomic E-state index is 11.5. The van der Waals surface area contributed by atoms with Gasteiger partial charge in [-0.05, 0) is 35.9 Å². The molecular formula is C11H18N2O2S2. The Bertz CT molecular complexity index is 336. The molecule has 17 heavy (non-hydrogen) atoms. The average Bonchev–Trinajstić information content (AvgIpc) is 2.25. The van der Waals surface area contributed by atoms with E-state index >= 15 is 0 Å². The van der Waals surface area contributed by atoms with Gasteiger partial charge in [0.25, 0.3) is 10.5 Å². The molecule has 0 atom stereocenters. The molecule has 0 aliphatic rings. The maximum atomic E-state index is 11.5. The Morgan fingerprint density at radius 1 is 1.00 bits per heavy atom. The Labute approximate surface area is 111 Å². The van der Waals surface area contributed by atoms with Crippen LogP contribution in [0.5, 0.6) is 0 Å². The molecule has 96 valence electrons. The van der Waals surface area contributed by atoms with Crippen molar-refractivity contribution >= 4 is 34.0 Å². The summed E-state index contributed by atoms with van der Waals surface area (Å²) in [6.07, 6.45) is 3.64. The van der Waals surface area contributed by atoms with Gasteiger partial charge >= 0.3 is 0 Å². The van der Waals surface area contributed by atoms with Gasteiger partial charge in [0.15, 0.2) is 0 Å². The number of rotatable bonds is 3. The molecule has 0 aromatic carbocycles. The highest BCUT2D eigenvalue weighted by molar-refractivity contribution is 8.19. The standard InChI is InChI=1S/C11H18N2O2S2/c1-6-7-9(17-11(15)13(4)5)8-16-10(14)12(2)3/h6-8H,1-5H3/b7-6-,9-8-. The zero-order valence-corrected chi connectivity index (χ0v) is 12.4. The first-order chi connectivity index (χ1) is 7.88. The lowest BCUT2D eigenvalue weighted by atomic mass is 10.5. The van der Waals surface area contributed by atoms with E-state index in [0.29, 0.717) is 0 Å². The van der Waals surface area contributed by atoms with Crippen LogP contribution in [0.15, 0.2) is 22.5 Å². The molecule has 0 fully saturated rings. The Balaban J connectivity index is 4.58. The number of hydrogen-bond acceptors (Lipinski definition) is 4. The number of thioether (sulfide) groups is 2. The molecule has 0 saturated carbocycles. The number of hydrogen-bond donors (Lipinski definition) is 0. The normalized spacial score (nSPS) is 11.7. The molecule has 0 saturated heterocycles. The molecule has 0 rings (SSSR count). The molecule has 0 radical (unpaired) electrons. The summed E-state index contributed by atoms with van der Waals surface area (Å²) in [5.41, 5.74) is 0. The van der Waals surface area contributed by atoms with E-state index in [1.54, 1.807) is 33.6 Å². The second-order valence-corrected chi connectivity index (χ2v) is 5.41. The SMILES string of the molecule is C/C=C\C(=C\SC(=O)N(C)C)SC(=O)N(C)C. The van der Waals surface area contributed by atoms with Gasteiger partial charge in [-0.15, -0.1) is 0 Å². The largest absolute Gasteiger partial charge is 0.339 e. The fourth-order valence-corrected chi connectivity index (χ4v) is 2.10. The van der Waals surface area contributed by atoms with Crippen molar-refractivity contribution in [3.05, 3.63) is 22.5 Å². The van der Waals surface area contributed by atoms with Gasteiger partial charge in [0.2, 0.25) is 0 Å². The third-order valence-corrected chi connectivity index (χ3v) is 3.66. The lowest BCUT2D eigenvalue weighted by Gasteiger charge is -2.10. The van der Waals surface area contributed by atoms with E-state index in [1.807, 2.05) is 19.1 Å². The van der Waals surface area contributed by atoms with E-state index in [2.05, 4.69) is 0 Å². The smallest absolute Gasteiger partial charge is 0.285 e. The number of carbonyl (C=O) groups is 2. The topological polar surface area (TPSA) is 40.6 Å². The van der Waals surface area contributed by atoms with Gasteiger partial charge in [-0.25, -0.2) is 0 Å². The zero-order chi connectivity index (χ0) is 13.4. The second-order valence-electron chi connectivity index (χ2n) is 3.56. The third kappa shape index (κ3) is 7.12. The summed E-state index contributed by atoms with van der Waals surface area (Å²) in [6.45, 7) is 1.87. The van der Waals surface area contributed by atoms with Crippen molar-refractivity contribution in [2.45, 2.75) is 6.92 Å². The van der Waals surface area contributed by atoms with Crippen LogP contribution in [-0.4, -0.2) is 48.5 Å². The fourth-order valence-electron chi connectivity index (χ4n) is 0.668. The summed E-state index contributed by atoms with van der Waals surface area (Å²) in [5, 5.41) is 1.56. The van der Waals surface area contributed by atoms with E-state index in [-0.39, 0.29) is 10.5 Å². The zero-order valence-electron chi connectivity index (χ0n) is 10.8. The Hall–Kier alpha value is -0.880. The van der Waals surface area contributed by atoms with E-state index in [0.717, 1.165) is 28.4 Å².